The van der Waals surface area contributed by atoms with Gasteiger partial charge in [0.1, 0.15) is 5.15 Å². The fourth-order valence-electron chi connectivity index (χ4n) is 1.14. The third-order valence-corrected chi connectivity index (χ3v) is 2.17. The van der Waals surface area contributed by atoms with Crippen LogP contribution in [-0.4, -0.2) is 4.98 Å². The van der Waals surface area contributed by atoms with Crippen LogP contribution in [0.4, 0.5) is 0 Å². The lowest BCUT2D eigenvalue weighted by atomic mass is 10.2. The molecule has 1 nitrogen and oxygen atoms in total. The molecule has 0 spiro atoms. The summed E-state index contributed by atoms with van der Waals surface area (Å²) >= 11 is 5.86. The van der Waals surface area contributed by atoms with Crippen LogP contribution in [0.15, 0.2) is 24.3 Å². The normalized spacial score (nSPS) is 10.5. The van der Waals surface area contributed by atoms with E-state index in [2.05, 4.69) is 11.1 Å². The maximum Gasteiger partial charge on any atom is 0.132 e. The van der Waals surface area contributed by atoms with Gasteiger partial charge in [-0.3, -0.25) is 0 Å². The first-order valence-corrected chi connectivity index (χ1v) is 4.08. The van der Waals surface area contributed by atoms with Gasteiger partial charge in [-0.25, -0.2) is 4.98 Å². The molecule has 2 rings (SSSR count). The van der Waals surface area contributed by atoms with Crippen molar-refractivity contribution in [1.29, 1.82) is 0 Å². The second-order valence-electron chi connectivity index (χ2n) is 2.71. The molecule has 1 radical (unpaired) electrons. The standard InChI is InChI=1S/C10H7ClN/c1-7-6-8-4-2-3-5-9(8)12-10(7)11/h2,4-6H,1H3. The van der Waals surface area contributed by atoms with Crippen molar-refractivity contribution in [2.75, 3.05) is 0 Å². The van der Waals surface area contributed by atoms with Gasteiger partial charge in [-0.05, 0) is 30.7 Å². The minimum absolute atomic E-state index is 0.571. The Morgan fingerprint density at radius 1 is 1.50 bits per heavy atom. The second-order valence-corrected chi connectivity index (χ2v) is 3.07. The van der Waals surface area contributed by atoms with E-state index < -0.39 is 0 Å². The van der Waals surface area contributed by atoms with Crippen LogP contribution in [0.25, 0.3) is 10.9 Å². The van der Waals surface area contributed by atoms with Crippen LogP contribution < -0.4 is 0 Å². The molecule has 0 saturated carbocycles. The van der Waals surface area contributed by atoms with Crippen LogP contribution in [0.1, 0.15) is 5.56 Å². The van der Waals surface area contributed by atoms with Gasteiger partial charge in [-0.1, -0.05) is 23.7 Å². The molecular formula is C10H7ClN. The van der Waals surface area contributed by atoms with Crippen molar-refractivity contribution < 1.29 is 0 Å². The lowest BCUT2D eigenvalue weighted by Gasteiger charge is -1.99. The Labute approximate surface area is 76.0 Å². The van der Waals surface area contributed by atoms with Crippen molar-refractivity contribution in [3.8, 4) is 0 Å². The summed E-state index contributed by atoms with van der Waals surface area (Å²) in [6.07, 6.45) is 0. The minimum atomic E-state index is 0.571. The number of pyridine rings is 1. The summed E-state index contributed by atoms with van der Waals surface area (Å²) < 4.78 is 0. The third-order valence-electron chi connectivity index (χ3n) is 1.79. The van der Waals surface area contributed by atoms with Gasteiger partial charge in [-0.15, -0.1) is 0 Å². The van der Waals surface area contributed by atoms with E-state index in [9.17, 15) is 0 Å². The molecule has 0 aliphatic carbocycles. The zero-order valence-corrected chi connectivity index (χ0v) is 7.39. The number of hydrogen-bond acceptors (Lipinski definition) is 1. The Morgan fingerprint density at radius 2 is 2.33 bits per heavy atom. The van der Waals surface area contributed by atoms with Crippen molar-refractivity contribution in [3.05, 3.63) is 41.0 Å². The molecule has 0 atom stereocenters. The summed E-state index contributed by atoms with van der Waals surface area (Å²) in [6.45, 7) is 1.95. The van der Waals surface area contributed by atoms with E-state index in [1.54, 1.807) is 0 Å². The van der Waals surface area contributed by atoms with Gasteiger partial charge in [0, 0.05) is 5.39 Å². The summed E-state index contributed by atoms with van der Waals surface area (Å²) in [5, 5.41) is 1.68. The third kappa shape index (κ3) is 1.16. The fourth-order valence-corrected chi connectivity index (χ4v) is 1.28. The Bertz CT molecular complexity index is 383. The van der Waals surface area contributed by atoms with Crippen molar-refractivity contribution in [3.63, 3.8) is 0 Å². The van der Waals surface area contributed by atoms with Crippen molar-refractivity contribution in [1.82, 2.24) is 4.98 Å². The van der Waals surface area contributed by atoms with Gasteiger partial charge < -0.3 is 0 Å². The van der Waals surface area contributed by atoms with E-state index in [0.29, 0.717) is 5.15 Å². The highest BCUT2D eigenvalue weighted by atomic mass is 35.5. The van der Waals surface area contributed by atoms with Gasteiger partial charge >= 0.3 is 0 Å². The number of aryl methyl sites for hydroxylation is 1. The molecule has 1 aromatic carbocycles. The first kappa shape index (κ1) is 7.56. The summed E-state index contributed by atoms with van der Waals surface area (Å²) in [4.78, 5) is 4.21. The predicted octanol–water partition coefficient (Wildman–Crippen LogP) is 3.00. The molecule has 59 valence electrons. The molecule has 0 N–H and O–H groups in total. The predicted molar refractivity (Wildman–Crippen MR) is 50.3 cm³/mol. The monoisotopic (exact) mass is 176 g/mol. The summed E-state index contributed by atoms with van der Waals surface area (Å²) in [6, 6.07) is 10.7. The highest BCUT2D eigenvalue weighted by Gasteiger charge is 1.98. The molecule has 0 saturated heterocycles. The van der Waals surface area contributed by atoms with Gasteiger partial charge in [0.05, 0.1) is 5.52 Å². The summed E-state index contributed by atoms with van der Waals surface area (Å²) in [5.41, 5.74) is 1.91. The largest absolute Gasteiger partial charge is 0.236 e. The lowest BCUT2D eigenvalue weighted by molar-refractivity contribution is 1.33. The van der Waals surface area contributed by atoms with Gasteiger partial charge in [0.2, 0.25) is 0 Å². The molecule has 12 heavy (non-hydrogen) atoms. The Balaban J connectivity index is 2.84. The molecular weight excluding hydrogens is 170 g/mol. The highest BCUT2D eigenvalue weighted by molar-refractivity contribution is 6.30. The zero-order chi connectivity index (χ0) is 8.55. The molecule has 0 aliphatic heterocycles. The number of benzene rings is 1. The van der Waals surface area contributed by atoms with E-state index in [1.165, 1.54) is 0 Å². The molecule has 0 unspecified atom stereocenters. The molecule has 0 fully saturated rings. The average Bonchev–Trinajstić information content (AvgIpc) is 2.07. The molecule has 2 heteroatoms. The van der Waals surface area contributed by atoms with Crippen LogP contribution in [0.5, 0.6) is 0 Å². The van der Waals surface area contributed by atoms with Crippen LogP contribution in [0, 0.1) is 13.0 Å². The van der Waals surface area contributed by atoms with Crippen molar-refractivity contribution >= 4 is 22.5 Å². The van der Waals surface area contributed by atoms with E-state index in [0.717, 1.165) is 16.5 Å². The number of fused-ring (bicyclic) bond motifs is 1. The van der Waals surface area contributed by atoms with Crippen LogP contribution >= 0.6 is 11.6 Å². The lowest BCUT2D eigenvalue weighted by Crippen LogP contribution is -1.83. The van der Waals surface area contributed by atoms with Gasteiger partial charge in [-0.2, -0.15) is 0 Å². The molecule has 1 heterocycles. The van der Waals surface area contributed by atoms with Crippen molar-refractivity contribution in [2.24, 2.45) is 0 Å². The quantitative estimate of drug-likeness (QED) is 0.563. The summed E-state index contributed by atoms with van der Waals surface area (Å²) in [5.74, 6) is 0. The van der Waals surface area contributed by atoms with Crippen LogP contribution in [0.2, 0.25) is 5.15 Å². The average molecular weight is 177 g/mol. The fraction of sp³-hybridized carbons (Fsp3) is 0.100. The number of rotatable bonds is 0. The van der Waals surface area contributed by atoms with E-state index in [-0.39, 0.29) is 0 Å². The minimum Gasteiger partial charge on any atom is -0.236 e. The van der Waals surface area contributed by atoms with Crippen LogP contribution in [0.3, 0.4) is 0 Å². The van der Waals surface area contributed by atoms with E-state index in [4.69, 9.17) is 11.6 Å². The Kier molecular flexibility index (Phi) is 1.74. The van der Waals surface area contributed by atoms with E-state index in [1.807, 2.05) is 31.2 Å². The molecule has 0 aliphatic rings. The highest BCUT2D eigenvalue weighted by Crippen LogP contribution is 2.18. The van der Waals surface area contributed by atoms with Crippen molar-refractivity contribution in [2.45, 2.75) is 6.92 Å². The Morgan fingerprint density at radius 3 is 3.17 bits per heavy atom. The van der Waals surface area contributed by atoms with Crippen LogP contribution in [-0.2, 0) is 0 Å². The first-order chi connectivity index (χ1) is 5.77. The maximum atomic E-state index is 5.86. The number of hydrogen-bond donors (Lipinski definition) is 0. The Hall–Kier alpha value is -1.08. The molecule has 0 amide bonds. The van der Waals surface area contributed by atoms with E-state index >= 15 is 0 Å². The number of halogens is 1. The second kappa shape index (κ2) is 2.76. The van der Waals surface area contributed by atoms with Gasteiger partial charge in [0.25, 0.3) is 0 Å². The first-order valence-electron chi connectivity index (χ1n) is 3.70. The summed E-state index contributed by atoms with van der Waals surface area (Å²) in [7, 11) is 0. The number of aromatic nitrogens is 1. The SMILES string of the molecule is Cc1cc2cc[c]cc2nc1Cl. The molecule has 1 aromatic heterocycles. The smallest absolute Gasteiger partial charge is 0.132 e. The van der Waals surface area contributed by atoms with Gasteiger partial charge in [0.15, 0.2) is 0 Å². The molecule has 2 aromatic rings. The topological polar surface area (TPSA) is 12.9 Å². The maximum absolute atomic E-state index is 5.86. The number of nitrogens with zero attached hydrogens (tertiary/aromatic N) is 1. The zero-order valence-electron chi connectivity index (χ0n) is 6.63. The molecule has 0 bridgehead atoms.